The van der Waals surface area contributed by atoms with E-state index in [0.717, 1.165) is 12.0 Å². The molecule has 0 aliphatic heterocycles. The van der Waals surface area contributed by atoms with E-state index in [1.165, 1.54) is 19.8 Å². The summed E-state index contributed by atoms with van der Waals surface area (Å²) in [6.45, 7) is 1.83. The van der Waals surface area contributed by atoms with Gasteiger partial charge in [0.05, 0.1) is 20.1 Å². The third-order valence-electron chi connectivity index (χ3n) is 3.54. The Balaban J connectivity index is 0.000000240. The quantitative estimate of drug-likeness (QED) is 0.784. The fourth-order valence-corrected chi connectivity index (χ4v) is 2.05. The zero-order valence-corrected chi connectivity index (χ0v) is 14.4. The Morgan fingerprint density at radius 2 is 1.42 bits per heavy atom. The van der Waals surface area contributed by atoms with E-state index in [1.807, 2.05) is 67.6 Å². The van der Waals surface area contributed by atoms with Gasteiger partial charge in [0.25, 0.3) is 0 Å². The van der Waals surface area contributed by atoms with E-state index in [-0.39, 0.29) is 17.9 Å². The van der Waals surface area contributed by atoms with Gasteiger partial charge in [0.1, 0.15) is 0 Å². The summed E-state index contributed by atoms with van der Waals surface area (Å²) in [5, 5.41) is 0. The predicted octanol–water partition coefficient (Wildman–Crippen LogP) is 3.76. The molecule has 0 radical (unpaired) electrons. The summed E-state index contributed by atoms with van der Waals surface area (Å²) in [6.07, 6.45) is 1.22. The van der Waals surface area contributed by atoms with Gasteiger partial charge in [-0.05, 0) is 24.5 Å². The van der Waals surface area contributed by atoms with Crippen LogP contribution in [0.3, 0.4) is 0 Å². The van der Waals surface area contributed by atoms with Crippen LogP contribution in [0.5, 0.6) is 0 Å². The van der Waals surface area contributed by atoms with Crippen LogP contribution in [0.1, 0.15) is 30.4 Å². The summed E-state index contributed by atoms with van der Waals surface area (Å²) in [5.74, 6) is -0.517. The molecular formula is C20H24O4. The summed E-state index contributed by atoms with van der Waals surface area (Å²) >= 11 is 0. The maximum absolute atomic E-state index is 11.1. The van der Waals surface area contributed by atoms with Gasteiger partial charge in [-0.2, -0.15) is 0 Å². The van der Waals surface area contributed by atoms with Crippen LogP contribution in [0.4, 0.5) is 0 Å². The molecule has 0 amide bonds. The van der Waals surface area contributed by atoms with Crippen molar-refractivity contribution in [1.82, 2.24) is 0 Å². The van der Waals surface area contributed by atoms with E-state index in [1.54, 1.807) is 0 Å². The first-order valence-electron chi connectivity index (χ1n) is 7.82. The van der Waals surface area contributed by atoms with Gasteiger partial charge in [-0.15, -0.1) is 0 Å². The van der Waals surface area contributed by atoms with Crippen molar-refractivity contribution >= 4 is 11.9 Å². The molecule has 0 bridgehead atoms. The van der Waals surface area contributed by atoms with Crippen LogP contribution in [0, 0.1) is 0 Å². The van der Waals surface area contributed by atoms with Crippen LogP contribution in [0.25, 0.3) is 0 Å². The number of carbonyl (C=O) groups is 2. The minimum absolute atomic E-state index is 0.154. The van der Waals surface area contributed by atoms with Gasteiger partial charge in [-0.25, -0.2) is 0 Å². The summed E-state index contributed by atoms with van der Waals surface area (Å²) in [4.78, 5) is 21.9. The predicted molar refractivity (Wildman–Crippen MR) is 93.7 cm³/mol. The van der Waals surface area contributed by atoms with Crippen molar-refractivity contribution in [3.63, 3.8) is 0 Å². The monoisotopic (exact) mass is 328 g/mol. The topological polar surface area (TPSA) is 52.6 Å². The first-order chi connectivity index (χ1) is 11.6. The molecule has 0 spiro atoms. The highest BCUT2D eigenvalue weighted by Crippen LogP contribution is 2.15. The third kappa shape index (κ3) is 7.09. The Hall–Kier alpha value is -2.62. The van der Waals surface area contributed by atoms with Crippen molar-refractivity contribution in [3.8, 4) is 0 Å². The lowest BCUT2D eigenvalue weighted by Gasteiger charge is -2.08. The van der Waals surface area contributed by atoms with E-state index in [0.29, 0.717) is 6.42 Å². The molecule has 0 saturated carbocycles. The largest absolute Gasteiger partial charge is 0.469 e. The summed E-state index contributed by atoms with van der Waals surface area (Å²) in [5.41, 5.74) is 2.16. The van der Waals surface area contributed by atoms with Crippen molar-refractivity contribution in [2.75, 3.05) is 14.2 Å². The average molecular weight is 328 g/mol. The third-order valence-corrected chi connectivity index (χ3v) is 3.54. The van der Waals surface area contributed by atoms with Gasteiger partial charge in [0.15, 0.2) is 0 Å². The molecule has 1 unspecified atom stereocenters. The van der Waals surface area contributed by atoms with Crippen LogP contribution >= 0.6 is 0 Å². The van der Waals surface area contributed by atoms with Crippen molar-refractivity contribution < 1.29 is 19.1 Å². The summed E-state index contributed by atoms with van der Waals surface area (Å²) < 4.78 is 9.16. The zero-order chi connectivity index (χ0) is 17.8. The van der Waals surface area contributed by atoms with E-state index in [2.05, 4.69) is 9.47 Å². The average Bonchev–Trinajstić information content (AvgIpc) is 2.66. The highest BCUT2D eigenvalue weighted by molar-refractivity contribution is 5.77. The van der Waals surface area contributed by atoms with Crippen molar-refractivity contribution in [2.45, 2.75) is 25.7 Å². The standard InChI is InChI=1S/2C10H12O2/c1-8(10(11)12-2)9-6-4-3-5-7-9;1-12-10(11)8-7-9-5-3-2-4-6-9/h3-8H,1-2H3;2-6H,7-8H2,1H3. The van der Waals surface area contributed by atoms with E-state index >= 15 is 0 Å². The van der Waals surface area contributed by atoms with Crippen molar-refractivity contribution in [3.05, 3.63) is 71.8 Å². The maximum atomic E-state index is 11.1. The number of benzene rings is 2. The molecule has 0 aromatic heterocycles. The van der Waals surface area contributed by atoms with Gasteiger partial charge in [0.2, 0.25) is 0 Å². The van der Waals surface area contributed by atoms with Gasteiger partial charge < -0.3 is 9.47 Å². The number of carbonyl (C=O) groups excluding carboxylic acids is 2. The van der Waals surface area contributed by atoms with E-state index < -0.39 is 0 Å². The molecule has 0 N–H and O–H groups in total. The number of hydrogen-bond donors (Lipinski definition) is 0. The second kappa shape index (κ2) is 11.0. The molecule has 2 aromatic rings. The van der Waals surface area contributed by atoms with Crippen molar-refractivity contribution in [2.24, 2.45) is 0 Å². The van der Waals surface area contributed by atoms with Crippen LogP contribution < -0.4 is 0 Å². The van der Waals surface area contributed by atoms with Crippen LogP contribution in [-0.2, 0) is 25.5 Å². The Morgan fingerprint density at radius 1 is 0.875 bits per heavy atom. The fourth-order valence-electron chi connectivity index (χ4n) is 2.05. The van der Waals surface area contributed by atoms with Crippen molar-refractivity contribution in [1.29, 1.82) is 0 Å². The number of ether oxygens (including phenoxy) is 2. The fraction of sp³-hybridized carbons (Fsp3) is 0.300. The van der Waals surface area contributed by atoms with Gasteiger partial charge >= 0.3 is 11.9 Å². The molecule has 4 nitrogen and oxygen atoms in total. The minimum atomic E-state index is -0.193. The molecular weight excluding hydrogens is 304 g/mol. The lowest BCUT2D eigenvalue weighted by Crippen LogP contribution is -2.10. The SMILES string of the molecule is COC(=O)C(C)c1ccccc1.COC(=O)CCc1ccccc1. The number of hydrogen-bond acceptors (Lipinski definition) is 4. The second-order valence-electron chi connectivity index (χ2n) is 5.22. The first-order valence-corrected chi connectivity index (χ1v) is 7.82. The first kappa shape index (κ1) is 19.4. The smallest absolute Gasteiger partial charge is 0.312 e. The normalized spacial score (nSPS) is 10.8. The highest BCUT2D eigenvalue weighted by Gasteiger charge is 2.14. The molecule has 4 heteroatoms. The lowest BCUT2D eigenvalue weighted by atomic mass is 10.0. The number of aryl methyl sites for hydroxylation is 1. The van der Waals surface area contributed by atoms with E-state index in [4.69, 9.17) is 0 Å². The Morgan fingerprint density at radius 3 is 1.92 bits per heavy atom. The molecule has 1 atom stereocenters. The summed E-state index contributed by atoms with van der Waals surface area (Å²) in [7, 11) is 2.81. The summed E-state index contributed by atoms with van der Waals surface area (Å²) in [6, 6.07) is 19.5. The Labute approximate surface area is 143 Å². The molecule has 24 heavy (non-hydrogen) atoms. The number of esters is 2. The zero-order valence-electron chi connectivity index (χ0n) is 14.4. The molecule has 128 valence electrons. The molecule has 0 fully saturated rings. The molecule has 2 rings (SSSR count). The van der Waals surface area contributed by atoms with Crippen LogP contribution in [-0.4, -0.2) is 26.2 Å². The van der Waals surface area contributed by atoms with Crippen LogP contribution in [0.2, 0.25) is 0 Å². The van der Waals surface area contributed by atoms with Crippen LogP contribution in [0.15, 0.2) is 60.7 Å². The molecule has 0 aliphatic carbocycles. The van der Waals surface area contributed by atoms with E-state index in [9.17, 15) is 9.59 Å². The number of methoxy groups -OCH3 is 2. The maximum Gasteiger partial charge on any atom is 0.312 e. The lowest BCUT2D eigenvalue weighted by molar-refractivity contribution is -0.142. The highest BCUT2D eigenvalue weighted by atomic mass is 16.5. The van der Waals surface area contributed by atoms with Gasteiger partial charge in [0, 0.05) is 6.42 Å². The van der Waals surface area contributed by atoms with Gasteiger partial charge in [-0.3, -0.25) is 9.59 Å². The Kier molecular flexibility index (Phi) is 8.90. The second-order valence-corrected chi connectivity index (χ2v) is 5.22. The minimum Gasteiger partial charge on any atom is -0.469 e. The molecule has 0 heterocycles. The number of rotatable bonds is 5. The molecule has 0 aliphatic rings. The molecule has 2 aromatic carbocycles. The van der Waals surface area contributed by atoms with Gasteiger partial charge in [-0.1, -0.05) is 60.7 Å². The Bertz CT molecular complexity index is 608. The molecule has 0 saturated heterocycles.